The summed E-state index contributed by atoms with van der Waals surface area (Å²) in [6.45, 7) is 2.78. The monoisotopic (exact) mass is 396 g/mol. The van der Waals surface area contributed by atoms with Crippen LogP contribution in [0.3, 0.4) is 0 Å². The van der Waals surface area contributed by atoms with Gasteiger partial charge < -0.3 is 15.4 Å². The van der Waals surface area contributed by atoms with Gasteiger partial charge in [-0.3, -0.25) is 4.79 Å². The molecule has 0 radical (unpaired) electrons. The van der Waals surface area contributed by atoms with Gasteiger partial charge in [-0.1, -0.05) is 41.9 Å². The first-order valence-corrected chi connectivity index (χ1v) is 9.19. The highest BCUT2D eigenvalue weighted by Gasteiger charge is 2.13. The SMILES string of the molecule is COCCNC(=O)c1cc(Nc2ccc(Cl)cc2C)nc(-c2ccccc2)n1. The van der Waals surface area contributed by atoms with Gasteiger partial charge in [0.05, 0.1) is 6.61 Å². The van der Waals surface area contributed by atoms with Crippen LogP contribution in [0.1, 0.15) is 16.1 Å². The second kappa shape index (κ2) is 9.30. The van der Waals surface area contributed by atoms with E-state index in [9.17, 15) is 4.79 Å². The van der Waals surface area contributed by atoms with E-state index in [0.29, 0.717) is 29.8 Å². The zero-order chi connectivity index (χ0) is 19.9. The van der Waals surface area contributed by atoms with Crippen molar-refractivity contribution in [2.24, 2.45) is 0 Å². The Hall–Kier alpha value is -2.96. The van der Waals surface area contributed by atoms with Crippen LogP contribution in [0.15, 0.2) is 54.6 Å². The van der Waals surface area contributed by atoms with E-state index in [-0.39, 0.29) is 11.6 Å². The van der Waals surface area contributed by atoms with Crippen LogP contribution in [-0.4, -0.2) is 36.1 Å². The van der Waals surface area contributed by atoms with Crippen molar-refractivity contribution in [3.8, 4) is 11.4 Å². The minimum Gasteiger partial charge on any atom is -0.383 e. The smallest absolute Gasteiger partial charge is 0.270 e. The molecule has 2 aromatic carbocycles. The standard InChI is InChI=1S/C21H21ClN4O2/c1-14-12-16(22)8-9-17(14)24-19-13-18(21(27)23-10-11-28-2)25-20(26-19)15-6-4-3-5-7-15/h3-9,12-13H,10-11H2,1-2H3,(H,23,27)(H,24,25,26). The number of amides is 1. The molecule has 6 nitrogen and oxygen atoms in total. The molecule has 1 heterocycles. The highest BCUT2D eigenvalue weighted by atomic mass is 35.5. The Labute approximate surface area is 168 Å². The molecule has 0 saturated carbocycles. The molecular weight excluding hydrogens is 376 g/mol. The van der Waals surface area contributed by atoms with Crippen molar-refractivity contribution >= 4 is 29.0 Å². The third-order valence-electron chi connectivity index (χ3n) is 4.03. The van der Waals surface area contributed by atoms with Gasteiger partial charge in [-0.15, -0.1) is 0 Å². The molecule has 0 bridgehead atoms. The molecular formula is C21H21ClN4O2. The lowest BCUT2D eigenvalue weighted by Crippen LogP contribution is -2.28. The largest absolute Gasteiger partial charge is 0.383 e. The van der Waals surface area contributed by atoms with Gasteiger partial charge in [0.15, 0.2) is 5.82 Å². The minimum absolute atomic E-state index is 0.277. The number of nitrogens with one attached hydrogen (secondary N) is 2. The van der Waals surface area contributed by atoms with Crippen LogP contribution in [0.2, 0.25) is 5.02 Å². The Kier molecular flexibility index (Phi) is 6.57. The van der Waals surface area contributed by atoms with E-state index in [1.165, 1.54) is 0 Å². The van der Waals surface area contributed by atoms with Crippen molar-refractivity contribution in [3.63, 3.8) is 0 Å². The maximum atomic E-state index is 12.5. The van der Waals surface area contributed by atoms with Crippen molar-refractivity contribution in [1.82, 2.24) is 15.3 Å². The topological polar surface area (TPSA) is 76.1 Å². The molecule has 7 heteroatoms. The number of aryl methyl sites for hydroxylation is 1. The fourth-order valence-electron chi connectivity index (χ4n) is 2.61. The van der Waals surface area contributed by atoms with Crippen molar-refractivity contribution in [2.45, 2.75) is 6.92 Å². The molecule has 3 aromatic rings. The van der Waals surface area contributed by atoms with Crippen LogP contribution in [0.4, 0.5) is 11.5 Å². The summed E-state index contributed by atoms with van der Waals surface area (Å²) < 4.78 is 4.98. The number of carbonyl (C=O) groups is 1. The first-order valence-electron chi connectivity index (χ1n) is 8.81. The zero-order valence-corrected chi connectivity index (χ0v) is 16.5. The molecule has 0 aliphatic carbocycles. The van der Waals surface area contributed by atoms with Gasteiger partial charge in [-0.2, -0.15) is 0 Å². The number of halogens is 1. The summed E-state index contributed by atoms with van der Waals surface area (Å²) in [7, 11) is 1.58. The number of hydrogen-bond donors (Lipinski definition) is 2. The summed E-state index contributed by atoms with van der Waals surface area (Å²) in [4.78, 5) is 21.5. The average molecular weight is 397 g/mol. The van der Waals surface area contributed by atoms with Crippen LogP contribution in [-0.2, 0) is 4.74 Å². The quantitative estimate of drug-likeness (QED) is 0.584. The molecule has 28 heavy (non-hydrogen) atoms. The van der Waals surface area contributed by atoms with E-state index in [1.54, 1.807) is 19.2 Å². The Morgan fingerprint density at radius 3 is 2.61 bits per heavy atom. The number of anilines is 2. The molecule has 0 aliphatic rings. The first kappa shape index (κ1) is 19.8. The van der Waals surface area contributed by atoms with Gasteiger partial charge in [-0.05, 0) is 30.7 Å². The van der Waals surface area contributed by atoms with E-state index in [1.807, 2.05) is 49.4 Å². The van der Waals surface area contributed by atoms with Gasteiger partial charge in [0.2, 0.25) is 0 Å². The predicted molar refractivity (Wildman–Crippen MR) is 111 cm³/mol. The third-order valence-corrected chi connectivity index (χ3v) is 4.27. The zero-order valence-electron chi connectivity index (χ0n) is 15.7. The summed E-state index contributed by atoms with van der Waals surface area (Å²) in [6, 6.07) is 16.7. The fraction of sp³-hybridized carbons (Fsp3) is 0.190. The molecule has 1 amide bonds. The lowest BCUT2D eigenvalue weighted by Gasteiger charge is -2.12. The van der Waals surface area contributed by atoms with Crippen LogP contribution >= 0.6 is 11.6 Å². The van der Waals surface area contributed by atoms with Gasteiger partial charge >= 0.3 is 0 Å². The summed E-state index contributed by atoms with van der Waals surface area (Å²) in [6.07, 6.45) is 0. The number of nitrogens with zero attached hydrogens (tertiary/aromatic N) is 2. The van der Waals surface area contributed by atoms with E-state index >= 15 is 0 Å². The summed E-state index contributed by atoms with van der Waals surface area (Å²) in [5.41, 5.74) is 2.93. The average Bonchev–Trinajstić information content (AvgIpc) is 2.70. The minimum atomic E-state index is -0.285. The second-order valence-corrected chi connectivity index (χ2v) is 6.60. The van der Waals surface area contributed by atoms with E-state index in [4.69, 9.17) is 16.3 Å². The molecule has 2 N–H and O–H groups in total. The van der Waals surface area contributed by atoms with Crippen molar-refractivity contribution in [1.29, 1.82) is 0 Å². The van der Waals surface area contributed by atoms with Crippen LogP contribution in [0.25, 0.3) is 11.4 Å². The van der Waals surface area contributed by atoms with E-state index < -0.39 is 0 Å². The summed E-state index contributed by atoms with van der Waals surface area (Å²) in [5.74, 6) is 0.706. The van der Waals surface area contributed by atoms with Crippen LogP contribution in [0.5, 0.6) is 0 Å². The molecule has 0 spiro atoms. The van der Waals surface area contributed by atoms with Gasteiger partial charge in [0, 0.05) is 36.0 Å². The van der Waals surface area contributed by atoms with Gasteiger partial charge in [0.25, 0.3) is 5.91 Å². The molecule has 1 aromatic heterocycles. The van der Waals surface area contributed by atoms with Crippen LogP contribution < -0.4 is 10.6 Å². The third kappa shape index (κ3) is 5.06. The number of aromatic nitrogens is 2. The van der Waals surface area contributed by atoms with Crippen LogP contribution in [0, 0.1) is 6.92 Å². The number of hydrogen-bond acceptors (Lipinski definition) is 5. The molecule has 0 atom stereocenters. The molecule has 0 aliphatic heterocycles. The Balaban J connectivity index is 1.96. The molecule has 0 unspecified atom stereocenters. The number of rotatable bonds is 7. The Morgan fingerprint density at radius 2 is 1.89 bits per heavy atom. The van der Waals surface area contributed by atoms with Gasteiger partial charge in [-0.25, -0.2) is 9.97 Å². The maximum Gasteiger partial charge on any atom is 0.270 e. The lowest BCUT2D eigenvalue weighted by atomic mass is 10.2. The molecule has 3 rings (SSSR count). The Morgan fingerprint density at radius 1 is 1.11 bits per heavy atom. The number of methoxy groups -OCH3 is 1. The number of benzene rings is 2. The summed E-state index contributed by atoms with van der Waals surface area (Å²) >= 11 is 6.04. The highest BCUT2D eigenvalue weighted by molar-refractivity contribution is 6.30. The van der Waals surface area contributed by atoms with E-state index in [2.05, 4.69) is 20.6 Å². The van der Waals surface area contributed by atoms with E-state index in [0.717, 1.165) is 16.8 Å². The summed E-state index contributed by atoms with van der Waals surface area (Å²) in [5, 5.41) is 6.71. The first-order chi connectivity index (χ1) is 13.6. The van der Waals surface area contributed by atoms with Crippen molar-refractivity contribution in [3.05, 3.63) is 70.9 Å². The van der Waals surface area contributed by atoms with Crippen molar-refractivity contribution in [2.75, 3.05) is 25.6 Å². The highest BCUT2D eigenvalue weighted by Crippen LogP contribution is 2.24. The predicted octanol–water partition coefficient (Wildman–Crippen LogP) is 4.23. The molecule has 144 valence electrons. The number of ether oxygens (including phenoxy) is 1. The normalized spacial score (nSPS) is 10.5. The number of carbonyl (C=O) groups excluding carboxylic acids is 1. The molecule has 0 fully saturated rings. The lowest BCUT2D eigenvalue weighted by molar-refractivity contribution is 0.0932. The Bertz CT molecular complexity index is 964. The maximum absolute atomic E-state index is 12.5. The van der Waals surface area contributed by atoms with Gasteiger partial charge in [0.1, 0.15) is 11.5 Å². The van der Waals surface area contributed by atoms with Crippen molar-refractivity contribution < 1.29 is 9.53 Å². The second-order valence-electron chi connectivity index (χ2n) is 6.16. The fourth-order valence-corrected chi connectivity index (χ4v) is 2.83. The molecule has 0 saturated heterocycles.